The molecule has 0 aromatic rings. The van der Waals surface area contributed by atoms with Crippen LogP contribution in [-0.2, 0) is 4.79 Å². The molecule has 0 bridgehead atoms. The lowest BCUT2D eigenvalue weighted by Gasteiger charge is -2.59. The van der Waals surface area contributed by atoms with E-state index in [2.05, 4.69) is 37.0 Å². The molecule has 114 valence electrons. The average Bonchev–Trinajstić information content (AvgIpc) is 2.78. The molecule has 2 heteroatoms. The number of allylic oxidation sites excluding steroid dienone is 3. The topological polar surface area (TPSA) is 20.3 Å². The summed E-state index contributed by atoms with van der Waals surface area (Å²) in [7, 11) is 0. The van der Waals surface area contributed by atoms with Gasteiger partial charge in [0, 0.05) is 12.1 Å². The molecule has 2 nitrogen and oxygen atoms in total. The minimum Gasteiger partial charge on any atom is -0.333 e. The van der Waals surface area contributed by atoms with E-state index in [1.165, 1.54) is 25.7 Å². The lowest BCUT2D eigenvalue weighted by Crippen LogP contribution is -2.62. The van der Waals surface area contributed by atoms with Gasteiger partial charge in [0.05, 0.1) is 0 Å². The van der Waals surface area contributed by atoms with Gasteiger partial charge in [-0.05, 0) is 74.7 Å². The highest BCUT2D eigenvalue weighted by atomic mass is 16.2. The smallest absolute Gasteiger partial charge is 0.246 e. The highest BCUT2D eigenvalue weighted by Gasteiger charge is 2.56. The summed E-state index contributed by atoms with van der Waals surface area (Å²) < 4.78 is 0. The number of amides is 1. The Morgan fingerprint density at radius 1 is 1.14 bits per heavy atom. The Kier molecular flexibility index (Phi) is 2.90. The Morgan fingerprint density at radius 3 is 2.86 bits per heavy atom. The van der Waals surface area contributed by atoms with Crippen LogP contribution < -0.4 is 0 Å². The summed E-state index contributed by atoms with van der Waals surface area (Å²) in [6.07, 6.45) is 16.1. The number of rotatable bonds is 0. The molecule has 2 fully saturated rings. The van der Waals surface area contributed by atoms with Crippen LogP contribution in [0.5, 0.6) is 0 Å². The molecule has 0 radical (unpaired) electrons. The van der Waals surface area contributed by atoms with Gasteiger partial charge in [0.15, 0.2) is 0 Å². The standard InChI is InChI=1S/C19H27NO/c1-18-10-5-6-15(18)14-9-13-20-17(21)7-3-4-11-19(20,2)16(14)8-12-18/h3,5,7,10,14-16H,4,6,8-9,11-13H2,1-2H3. The van der Waals surface area contributed by atoms with Crippen molar-refractivity contribution < 1.29 is 4.79 Å². The van der Waals surface area contributed by atoms with Crippen LogP contribution in [0.25, 0.3) is 0 Å². The van der Waals surface area contributed by atoms with E-state index in [1.807, 2.05) is 6.08 Å². The second-order valence-electron chi connectivity index (χ2n) is 8.14. The van der Waals surface area contributed by atoms with Gasteiger partial charge < -0.3 is 4.90 Å². The van der Waals surface area contributed by atoms with Gasteiger partial charge in [0.2, 0.25) is 5.91 Å². The second kappa shape index (κ2) is 4.47. The van der Waals surface area contributed by atoms with Crippen molar-refractivity contribution in [3.63, 3.8) is 0 Å². The van der Waals surface area contributed by atoms with Crippen LogP contribution in [0.1, 0.15) is 52.4 Å². The van der Waals surface area contributed by atoms with Gasteiger partial charge in [-0.15, -0.1) is 0 Å². The molecule has 1 saturated carbocycles. The van der Waals surface area contributed by atoms with E-state index in [9.17, 15) is 4.79 Å². The first-order chi connectivity index (χ1) is 10.0. The minimum absolute atomic E-state index is 0.0907. The van der Waals surface area contributed by atoms with Gasteiger partial charge in [-0.1, -0.05) is 25.2 Å². The largest absolute Gasteiger partial charge is 0.333 e. The third-order valence-corrected chi connectivity index (χ3v) is 7.21. The van der Waals surface area contributed by atoms with Crippen molar-refractivity contribution in [2.24, 2.45) is 23.2 Å². The molecule has 0 N–H and O–H groups in total. The highest BCUT2D eigenvalue weighted by Crippen LogP contribution is 2.59. The number of fused-ring (bicyclic) bond motifs is 5. The summed E-state index contributed by atoms with van der Waals surface area (Å²) in [6.45, 7) is 5.80. The molecule has 21 heavy (non-hydrogen) atoms. The summed E-state index contributed by atoms with van der Waals surface area (Å²) in [5, 5.41) is 0. The first-order valence-electron chi connectivity index (χ1n) is 8.70. The molecule has 1 amide bonds. The van der Waals surface area contributed by atoms with Crippen molar-refractivity contribution in [2.45, 2.75) is 57.9 Å². The van der Waals surface area contributed by atoms with Crippen molar-refractivity contribution in [2.75, 3.05) is 6.54 Å². The van der Waals surface area contributed by atoms with E-state index < -0.39 is 0 Å². The molecule has 5 atom stereocenters. The number of nitrogens with zero attached hydrogens (tertiary/aromatic N) is 1. The van der Waals surface area contributed by atoms with Crippen LogP contribution in [-0.4, -0.2) is 22.9 Å². The molecule has 0 aromatic heterocycles. The normalized spacial score (nSPS) is 48.6. The fraction of sp³-hybridized carbons (Fsp3) is 0.737. The van der Waals surface area contributed by atoms with Gasteiger partial charge >= 0.3 is 0 Å². The van der Waals surface area contributed by atoms with E-state index in [0.717, 1.165) is 31.2 Å². The predicted octanol–water partition coefficient (Wildman–Crippen LogP) is 3.94. The van der Waals surface area contributed by atoms with Crippen LogP contribution in [0, 0.1) is 23.2 Å². The first-order valence-corrected chi connectivity index (χ1v) is 8.70. The monoisotopic (exact) mass is 285 g/mol. The van der Waals surface area contributed by atoms with Crippen LogP contribution in [0.15, 0.2) is 24.3 Å². The van der Waals surface area contributed by atoms with E-state index in [0.29, 0.717) is 11.3 Å². The van der Waals surface area contributed by atoms with Crippen molar-refractivity contribution in [3.05, 3.63) is 24.3 Å². The fourth-order valence-electron chi connectivity index (χ4n) is 6.01. The zero-order chi connectivity index (χ0) is 14.7. The maximum absolute atomic E-state index is 12.4. The molecule has 0 spiro atoms. The summed E-state index contributed by atoms with van der Waals surface area (Å²) in [6, 6.07) is 0. The lowest BCUT2D eigenvalue weighted by atomic mass is 9.53. The number of carbonyl (C=O) groups excluding carboxylic acids is 1. The highest BCUT2D eigenvalue weighted by molar-refractivity contribution is 5.88. The van der Waals surface area contributed by atoms with Gasteiger partial charge in [-0.3, -0.25) is 4.79 Å². The maximum atomic E-state index is 12.4. The molecular weight excluding hydrogens is 258 g/mol. The molecule has 2 aliphatic carbocycles. The first kappa shape index (κ1) is 13.6. The van der Waals surface area contributed by atoms with Crippen LogP contribution >= 0.6 is 0 Å². The van der Waals surface area contributed by atoms with Crippen molar-refractivity contribution in [1.29, 1.82) is 0 Å². The van der Waals surface area contributed by atoms with E-state index in [1.54, 1.807) is 0 Å². The summed E-state index contributed by atoms with van der Waals surface area (Å²) in [5.74, 6) is 2.59. The molecule has 2 aliphatic heterocycles. The number of hydrogen-bond donors (Lipinski definition) is 0. The summed E-state index contributed by atoms with van der Waals surface area (Å²) in [5.41, 5.74) is 0.528. The summed E-state index contributed by atoms with van der Waals surface area (Å²) in [4.78, 5) is 14.7. The van der Waals surface area contributed by atoms with Gasteiger partial charge in [-0.2, -0.15) is 0 Å². The van der Waals surface area contributed by atoms with Gasteiger partial charge in [-0.25, -0.2) is 0 Å². The Labute approximate surface area is 128 Å². The van der Waals surface area contributed by atoms with Crippen molar-refractivity contribution in [1.82, 2.24) is 4.90 Å². The lowest BCUT2D eigenvalue weighted by molar-refractivity contribution is -0.146. The zero-order valence-corrected chi connectivity index (χ0v) is 13.3. The van der Waals surface area contributed by atoms with E-state index >= 15 is 0 Å². The Bertz CT molecular complexity index is 522. The molecule has 4 rings (SSSR count). The quantitative estimate of drug-likeness (QED) is 0.617. The van der Waals surface area contributed by atoms with Crippen LogP contribution in [0.3, 0.4) is 0 Å². The van der Waals surface area contributed by atoms with Crippen LogP contribution in [0.4, 0.5) is 0 Å². The molecular formula is C19H27NO. The number of hydrogen-bond acceptors (Lipinski definition) is 1. The van der Waals surface area contributed by atoms with Crippen LogP contribution in [0.2, 0.25) is 0 Å². The number of carbonyl (C=O) groups is 1. The number of piperidine rings is 1. The molecule has 4 aliphatic rings. The average molecular weight is 285 g/mol. The van der Waals surface area contributed by atoms with Gasteiger partial charge in [0.25, 0.3) is 0 Å². The van der Waals surface area contributed by atoms with E-state index in [-0.39, 0.29) is 11.4 Å². The Morgan fingerprint density at radius 2 is 2.00 bits per heavy atom. The van der Waals surface area contributed by atoms with E-state index in [4.69, 9.17) is 0 Å². The Hall–Kier alpha value is -1.05. The third-order valence-electron chi connectivity index (χ3n) is 7.21. The van der Waals surface area contributed by atoms with Gasteiger partial charge in [0.1, 0.15) is 0 Å². The zero-order valence-electron chi connectivity index (χ0n) is 13.3. The maximum Gasteiger partial charge on any atom is 0.246 e. The summed E-state index contributed by atoms with van der Waals surface area (Å²) >= 11 is 0. The Balaban J connectivity index is 1.68. The molecule has 2 heterocycles. The molecule has 1 saturated heterocycles. The minimum atomic E-state index is 0.0907. The molecule has 5 unspecified atom stereocenters. The fourth-order valence-corrected chi connectivity index (χ4v) is 6.01. The SMILES string of the molecule is CC12C=CCC1C1CCN3C(=O)C=CCCC3(C)C1CC2. The second-order valence-corrected chi connectivity index (χ2v) is 8.14. The third kappa shape index (κ3) is 1.80. The molecule has 0 aromatic carbocycles. The van der Waals surface area contributed by atoms with Crippen molar-refractivity contribution >= 4 is 5.91 Å². The van der Waals surface area contributed by atoms with Crippen molar-refractivity contribution in [3.8, 4) is 0 Å². The predicted molar refractivity (Wildman–Crippen MR) is 84.7 cm³/mol.